The Bertz CT molecular complexity index is 289. The normalized spacial score (nSPS) is 9.00. The van der Waals surface area contributed by atoms with Crippen molar-refractivity contribution in [1.29, 1.82) is 0 Å². The molecule has 0 spiro atoms. The number of nitrogens with zero attached hydrogens (tertiary/aromatic N) is 1. The third kappa shape index (κ3) is 4.48. The van der Waals surface area contributed by atoms with Gasteiger partial charge < -0.3 is 18.1 Å². The van der Waals surface area contributed by atoms with Crippen molar-refractivity contribution < 1.29 is 21.8 Å². The molecule has 0 radical (unpaired) electrons. The predicted molar refractivity (Wildman–Crippen MR) is 45.2 cm³/mol. The second-order valence-electron chi connectivity index (χ2n) is 2.84. The molecule has 2 N–H and O–H groups in total. The summed E-state index contributed by atoms with van der Waals surface area (Å²) in [6.07, 6.45) is 4.31. The average Bonchev–Trinajstić information content (AvgIpc) is 2.01. The van der Waals surface area contributed by atoms with Gasteiger partial charge in [0.1, 0.15) is 0 Å². The molecule has 1 heterocycles. The first kappa shape index (κ1) is 11.9. The van der Waals surface area contributed by atoms with Crippen LogP contribution in [0.3, 0.4) is 0 Å². The maximum Gasteiger partial charge on any atom is 0.223 e. The molecule has 0 fully saturated rings. The summed E-state index contributed by atoms with van der Waals surface area (Å²) >= 11 is 0. The smallest absolute Gasteiger partial charge is 0.223 e. The molecule has 0 atom stereocenters. The third-order valence-corrected chi connectivity index (χ3v) is 1.62. The van der Waals surface area contributed by atoms with Crippen molar-refractivity contribution in [2.75, 3.05) is 0 Å². The summed E-state index contributed by atoms with van der Waals surface area (Å²) in [4.78, 5) is 10.5. The fourth-order valence-electron chi connectivity index (χ4n) is 1.03. The molecule has 0 aliphatic heterocycles. The first-order chi connectivity index (χ1) is 5.68. The minimum absolute atomic E-state index is 0. The number of halogens is 1. The van der Waals surface area contributed by atoms with E-state index in [-0.39, 0.29) is 18.3 Å². The Morgan fingerprint density at radius 3 is 2.85 bits per heavy atom. The van der Waals surface area contributed by atoms with Crippen LogP contribution in [0.25, 0.3) is 0 Å². The van der Waals surface area contributed by atoms with Gasteiger partial charge in [0.2, 0.25) is 5.91 Å². The monoisotopic (exact) mass is 200 g/mol. The number of carbonyl (C=O) groups excluding carboxylic acids is 1. The van der Waals surface area contributed by atoms with Crippen molar-refractivity contribution in [3.05, 3.63) is 30.1 Å². The van der Waals surface area contributed by atoms with Gasteiger partial charge in [-0.1, -0.05) is 0 Å². The number of rotatable bonds is 3. The molecule has 0 bridgehead atoms. The van der Waals surface area contributed by atoms with E-state index in [4.69, 9.17) is 5.73 Å². The van der Waals surface area contributed by atoms with Crippen LogP contribution in [0, 0.1) is 6.92 Å². The fraction of sp³-hybridized carbons (Fsp3) is 0.333. The first-order valence-corrected chi connectivity index (χ1v) is 3.92. The summed E-state index contributed by atoms with van der Waals surface area (Å²) in [6, 6.07) is 3.97. The van der Waals surface area contributed by atoms with Crippen LogP contribution in [0.2, 0.25) is 0 Å². The predicted octanol–water partition coefficient (Wildman–Crippen LogP) is -2.84. The molecular weight excluding hydrogens is 188 g/mol. The van der Waals surface area contributed by atoms with Crippen LogP contribution >= 0.6 is 0 Å². The summed E-state index contributed by atoms with van der Waals surface area (Å²) in [6.45, 7) is 2.68. The van der Waals surface area contributed by atoms with Gasteiger partial charge in [0.15, 0.2) is 18.9 Å². The van der Waals surface area contributed by atoms with Crippen LogP contribution in [0.15, 0.2) is 24.5 Å². The van der Waals surface area contributed by atoms with Gasteiger partial charge in [-0.3, -0.25) is 4.79 Å². The lowest BCUT2D eigenvalue weighted by Gasteiger charge is -1.94. The van der Waals surface area contributed by atoms with Crippen LogP contribution in [0.5, 0.6) is 0 Å². The Morgan fingerprint density at radius 2 is 2.31 bits per heavy atom. The van der Waals surface area contributed by atoms with Crippen molar-refractivity contribution in [2.24, 2.45) is 5.73 Å². The number of aryl methyl sites for hydroxylation is 2. The van der Waals surface area contributed by atoms with Gasteiger partial charge in [0.25, 0.3) is 0 Å². The highest BCUT2D eigenvalue weighted by Gasteiger charge is 2.02. The standard InChI is InChI=1S/C9H12N2O.ClH/c1-8-3-2-5-11(7-8)6-4-9(10)12;/h2-3,5,7H,4,6H2,1H3,(H-,10,12);1H. The molecule has 13 heavy (non-hydrogen) atoms. The van der Waals surface area contributed by atoms with Gasteiger partial charge >= 0.3 is 0 Å². The van der Waals surface area contributed by atoms with E-state index in [2.05, 4.69) is 0 Å². The van der Waals surface area contributed by atoms with E-state index < -0.39 is 0 Å². The lowest BCUT2D eigenvalue weighted by molar-refractivity contribution is -0.696. The van der Waals surface area contributed by atoms with Crippen LogP contribution in [0.4, 0.5) is 0 Å². The molecule has 0 aromatic carbocycles. The van der Waals surface area contributed by atoms with E-state index in [1.807, 2.05) is 36.0 Å². The summed E-state index contributed by atoms with van der Waals surface area (Å²) in [7, 11) is 0. The van der Waals surface area contributed by atoms with E-state index >= 15 is 0 Å². The van der Waals surface area contributed by atoms with Crippen molar-refractivity contribution >= 4 is 5.91 Å². The fourth-order valence-corrected chi connectivity index (χ4v) is 1.03. The number of hydrogen-bond acceptors (Lipinski definition) is 1. The minimum Gasteiger partial charge on any atom is -1.00 e. The summed E-state index contributed by atoms with van der Waals surface area (Å²) < 4.78 is 1.96. The van der Waals surface area contributed by atoms with Crippen molar-refractivity contribution in [1.82, 2.24) is 0 Å². The molecule has 72 valence electrons. The van der Waals surface area contributed by atoms with Crippen molar-refractivity contribution in [2.45, 2.75) is 19.9 Å². The summed E-state index contributed by atoms with van der Waals surface area (Å²) in [5.74, 6) is -0.260. The average molecular weight is 201 g/mol. The Morgan fingerprint density at radius 1 is 1.62 bits per heavy atom. The lowest BCUT2D eigenvalue weighted by atomic mass is 10.3. The molecule has 0 aliphatic carbocycles. The number of pyridine rings is 1. The molecule has 0 aliphatic rings. The zero-order chi connectivity index (χ0) is 8.97. The molecule has 4 heteroatoms. The van der Waals surface area contributed by atoms with E-state index in [9.17, 15) is 4.79 Å². The number of primary amides is 1. The van der Waals surface area contributed by atoms with Crippen LogP contribution in [-0.2, 0) is 11.3 Å². The Hall–Kier alpha value is -1.09. The Balaban J connectivity index is 0.00000144. The molecule has 1 aromatic heterocycles. The number of amides is 1. The highest BCUT2D eigenvalue weighted by molar-refractivity contribution is 5.73. The molecule has 1 aromatic rings. The van der Waals surface area contributed by atoms with Crippen molar-refractivity contribution in [3.63, 3.8) is 0 Å². The zero-order valence-electron chi connectivity index (χ0n) is 7.53. The highest BCUT2D eigenvalue weighted by Crippen LogP contribution is 1.89. The van der Waals surface area contributed by atoms with E-state index in [0.29, 0.717) is 13.0 Å². The SMILES string of the molecule is Cc1ccc[n+](CCC(N)=O)c1.[Cl-]. The van der Waals surface area contributed by atoms with E-state index in [1.54, 1.807) is 0 Å². The van der Waals surface area contributed by atoms with E-state index in [1.165, 1.54) is 5.56 Å². The quantitative estimate of drug-likeness (QED) is 0.526. The lowest BCUT2D eigenvalue weighted by Crippen LogP contribution is -3.00. The van der Waals surface area contributed by atoms with Gasteiger partial charge in [-0.15, -0.1) is 0 Å². The van der Waals surface area contributed by atoms with Crippen molar-refractivity contribution in [3.8, 4) is 0 Å². The number of hydrogen-bond donors (Lipinski definition) is 1. The molecule has 0 saturated carbocycles. The minimum atomic E-state index is -0.260. The molecular formula is C9H13ClN2O. The molecule has 0 unspecified atom stereocenters. The molecule has 1 rings (SSSR count). The van der Waals surface area contributed by atoms with Crippen LogP contribution < -0.4 is 22.7 Å². The van der Waals surface area contributed by atoms with Crippen LogP contribution in [0.1, 0.15) is 12.0 Å². The van der Waals surface area contributed by atoms with Gasteiger partial charge in [0, 0.05) is 11.6 Å². The van der Waals surface area contributed by atoms with Gasteiger partial charge in [0.05, 0.1) is 6.42 Å². The van der Waals surface area contributed by atoms with Gasteiger partial charge in [-0.05, 0) is 13.0 Å². The Kier molecular flexibility index (Phi) is 5.07. The van der Waals surface area contributed by atoms with E-state index in [0.717, 1.165) is 0 Å². The largest absolute Gasteiger partial charge is 1.00 e. The second-order valence-corrected chi connectivity index (χ2v) is 2.84. The molecule has 1 amide bonds. The molecule has 3 nitrogen and oxygen atoms in total. The number of aromatic nitrogens is 1. The maximum absolute atomic E-state index is 10.5. The maximum atomic E-state index is 10.5. The summed E-state index contributed by atoms with van der Waals surface area (Å²) in [5, 5.41) is 0. The third-order valence-electron chi connectivity index (χ3n) is 1.62. The second kappa shape index (κ2) is 5.54. The summed E-state index contributed by atoms with van der Waals surface area (Å²) in [5.41, 5.74) is 6.21. The number of nitrogens with two attached hydrogens (primary N) is 1. The number of carbonyl (C=O) groups is 1. The zero-order valence-corrected chi connectivity index (χ0v) is 8.29. The topological polar surface area (TPSA) is 47.0 Å². The highest BCUT2D eigenvalue weighted by atomic mass is 35.5. The van der Waals surface area contributed by atoms with Gasteiger partial charge in [-0.25, -0.2) is 4.57 Å². The van der Waals surface area contributed by atoms with Crippen LogP contribution in [-0.4, -0.2) is 5.91 Å². The Labute approximate surface area is 84.0 Å². The first-order valence-electron chi connectivity index (χ1n) is 3.92. The van der Waals surface area contributed by atoms with Gasteiger partial charge in [-0.2, -0.15) is 0 Å². The molecule has 0 saturated heterocycles.